The summed E-state index contributed by atoms with van der Waals surface area (Å²) in [5, 5.41) is 2.60. The molecule has 1 N–H and O–H groups in total. The number of ether oxygens (including phenoxy) is 2. The van der Waals surface area contributed by atoms with E-state index in [0.29, 0.717) is 17.0 Å². The highest BCUT2D eigenvalue weighted by Gasteiger charge is 2.40. The molecule has 1 unspecified atom stereocenters. The lowest BCUT2D eigenvalue weighted by Crippen LogP contribution is -2.19. The third kappa shape index (κ3) is 5.82. The van der Waals surface area contributed by atoms with E-state index in [1.165, 1.54) is 0 Å². The summed E-state index contributed by atoms with van der Waals surface area (Å²) in [5.74, 6) is -0.596. The molecule has 27 heavy (non-hydrogen) atoms. The first kappa shape index (κ1) is 21.0. The highest BCUT2D eigenvalue weighted by atomic mass is 31.2. The third-order valence-electron chi connectivity index (χ3n) is 3.55. The number of anilines is 1. The van der Waals surface area contributed by atoms with E-state index in [-0.39, 0.29) is 13.2 Å². The van der Waals surface area contributed by atoms with Crippen LogP contribution in [-0.2, 0) is 18.3 Å². The van der Waals surface area contributed by atoms with Crippen LogP contribution in [0, 0.1) is 0 Å². The van der Waals surface area contributed by atoms with Crippen LogP contribution in [0.1, 0.15) is 25.3 Å². The normalized spacial score (nSPS) is 12.3. The number of carbonyl (C=O) groups excluding carboxylic acids is 1. The molecule has 1 amide bonds. The van der Waals surface area contributed by atoms with E-state index in [4.69, 9.17) is 18.5 Å². The van der Waals surface area contributed by atoms with Gasteiger partial charge in [0.1, 0.15) is 5.75 Å². The van der Waals surface area contributed by atoms with Crippen LogP contribution in [-0.4, -0.2) is 26.4 Å². The minimum Gasteiger partial charge on any atom is -0.497 e. The Bertz CT molecular complexity index is 756. The first-order chi connectivity index (χ1) is 13.0. The maximum atomic E-state index is 13.3. The van der Waals surface area contributed by atoms with Crippen LogP contribution >= 0.6 is 7.60 Å². The molecular formula is C19H24NO6P. The number of rotatable bonds is 9. The van der Waals surface area contributed by atoms with Gasteiger partial charge in [0.25, 0.3) is 0 Å². The molecule has 0 radical (unpaired) electrons. The predicted molar refractivity (Wildman–Crippen MR) is 103 cm³/mol. The number of benzene rings is 2. The van der Waals surface area contributed by atoms with Crippen molar-refractivity contribution in [1.82, 2.24) is 0 Å². The zero-order chi connectivity index (χ0) is 19.7. The van der Waals surface area contributed by atoms with Gasteiger partial charge < -0.3 is 18.5 Å². The van der Waals surface area contributed by atoms with Crippen molar-refractivity contribution in [3.63, 3.8) is 0 Å². The van der Waals surface area contributed by atoms with E-state index in [1.807, 2.05) is 6.07 Å². The Kier molecular flexibility index (Phi) is 7.85. The minimum atomic E-state index is -3.76. The zero-order valence-corrected chi connectivity index (χ0v) is 16.5. The molecule has 146 valence electrons. The number of methoxy groups -OCH3 is 1. The molecule has 8 heteroatoms. The van der Waals surface area contributed by atoms with Crippen molar-refractivity contribution in [3.05, 3.63) is 60.2 Å². The van der Waals surface area contributed by atoms with Gasteiger partial charge in [0, 0.05) is 11.3 Å². The second kappa shape index (κ2) is 10.1. The monoisotopic (exact) mass is 393 g/mol. The number of hydrogen-bond donors (Lipinski definition) is 1. The minimum absolute atomic E-state index is 0.146. The number of para-hydroxylation sites is 1. The van der Waals surface area contributed by atoms with E-state index < -0.39 is 19.5 Å². The quantitative estimate of drug-likeness (QED) is 0.589. The highest BCUT2D eigenvalue weighted by molar-refractivity contribution is 7.54. The van der Waals surface area contributed by atoms with E-state index in [2.05, 4.69) is 5.32 Å². The smallest absolute Gasteiger partial charge is 0.412 e. The third-order valence-corrected chi connectivity index (χ3v) is 5.76. The van der Waals surface area contributed by atoms with Gasteiger partial charge in [0.05, 0.1) is 20.3 Å². The van der Waals surface area contributed by atoms with Gasteiger partial charge in [-0.3, -0.25) is 9.88 Å². The molecule has 7 nitrogen and oxygen atoms in total. The Labute approximate surface area is 159 Å². The summed E-state index contributed by atoms with van der Waals surface area (Å²) in [4.78, 5) is 12.4. The molecule has 0 heterocycles. The molecule has 2 rings (SSSR count). The molecule has 0 aliphatic heterocycles. The van der Waals surface area contributed by atoms with Crippen molar-refractivity contribution in [2.75, 3.05) is 25.6 Å². The predicted octanol–water partition coefficient (Wildman–Crippen LogP) is 5.21. The van der Waals surface area contributed by atoms with Crippen molar-refractivity contribution in [1.29, 1.82) is 0 Å². The van der Waals surface area contributed by atoms with Crippen LogP contribution in [0.25, 0.3) is 0 Å². The van der Waals surface area contributed by atoms with Crippen LogP contribution in [0.15, 0.2) is 54.6 Å². The number of carbonyl (C=O) groups is 1. The van der Waals surface area contributed by atoms with Gasteiger partial charge in [-0.25, -0.2) is 4.79 Å². The fraction of sp³-hybridized carbons (Fsp3) is 0.316. The molecule has 0 aromatic heterocycles. The van der Waals surface area contributed by atoms with Crippen LogP contribution in [0.3, 0.4) is 0 Å². The van der Waals surface area contributed by atoms with Crippen LogP contribution in [0.4, 0.5) is 10.5 Å². The molecule has 0 saturated heterocycles. The van der Waals surface area contributed by atoms with Gasteiger partial charge >= 0.3 is 13.7 Å². The second-order valence-electron chi connectivity index (χ2n) is 5.40. The van der Waals surface area contributed by atoms with Crippen molar-refractivity contribution in [2.45, 2.75) is 19.7 Å². The molecule has 0 bridgehead atoms. The standard InChI is InChI=1S/C19H24NO6P/c1-4-24-27(22,25-5-2)18(15-11-13-17(23-3)14-12-15)26-19(21)20-16-9-7-6-8-10-16/h6-14,18H,4-5H2,1-3H3,(H,20,21). The molecule has 2 aromatic carbocycles. The van der Waals surface area contributed by atoms with Gasteiger partial charge in [0.2, 0.25) is 5.85 Å². The Morgan fingerprint density at radius 1 is 1.00 bits per heavy atom. The summed E-state index contributed by atoms with van der Waals surface area (Å²) in [6.45, 7) is 3.68. The molecule has 1 atom stereocenters. The molecule has 0 aliphatic carbocycles. The highest BCUT2D eigenvalue weighted by Crippen LogP contribution is 2.61. The Morgan fingerprint density at radius 3 is 2.11 bits per heavy atom. The Balaban J connectivity index is 2.29. The topological polar surface area (TPSA) is 83.1 Å². The first-order valence-electron chi connectivity index (χ1n) is 8.57. The van der Waals surface area contributed by atoms with Gasteiger partial charge in [0.15, 0.2) is 0 Å². The van der Waals surface area contributed by atoms with Crippen molar-refractivity contribution < 1.29 is 27.9 Å². The fourth-order valence-electron chi connectivity index (χ4n) is 2.39. The summed E-state index contributed by atoms with van der Waals surface area (Å²) in [6.07, 6.45) is -0.762. The molecule has 0 fully saturated rings. The van der Waals surface area contributed by atoms with Crippen molar-refractivity contribution >= 4 is 19.4 Å². The summed E-state index contributed by atoms with van der Waals surface area (Å²) >= 11 is 0. The summed E-state index contributed by atoms with van der Waals surface area (Å²) in [6, 6.07) is 15.5. The second-order valence-corrected chi connectivity index (χ2v) is 7.46. The summed E-state index contributed by atoms with van der Waals surface area (Å²) < 4.78 is 34.7. The number of nitrogens with one attached hydrogen (secondary N) is 1. The first-order valence-corrected chi connectivity index (χ1v) is 10.2. The molecular weight excluding hydrogens is 369 g/mol. The SMILES string of the molecule is CCOP(=O)(OCC)C(OC(=O)Nc1ccccc1)c1ccc(OC)cc1. The molecule has 0 spiro atoms. The van der Waals surface area contributed by atoms with E-state index in [1.54, 1.807) is 69.5 Å². The van der Waals surface area contributed by atoms with Gasteiger partial charge in [-0.15, -0.1) is 0 Å². The Hall–Kier alpha value is -2.34. The van der Waals surface area contributed by atoms with Gasteiger partial charge in [-0.1, -0.05) is 30.3 Å². The lowest BCUT2D eigenvalue weighted by atomic mass is 10.2. The van der Waals surface area contributed by atoms with Crippen molar-refractivity contribution in [3.8, 4) is 5.75 Å². The maximum absolute atomic E-state index is 13.3. The average Bonchev–Trinajstić information content (AvgIpc) is 2.67. The number of amides is 1. The maximum Gasteiger partial charge on any atom is 0.412 e. The molecule has 0 saturated carbocycles. The molecule has 0 aliphatic rings. The number of hydrogen-bond acceptors (Lipinski definition) is 6. The van der Waals surface area contributed by atoms with Crippen LogP contribution in [0.2, 0.25) is 0 Å². The van der Waals surface area contributed by atoms with E-state index in [0.717, 1.165) is 0 Å². The van der Waals surface area contributed by atoms with E-state index in [9.17, 15) is 9.36 Å². The average molecular weight is 393 g/mol. The van der Waals surface area contributed by atoms with Crippen LogP contribution in [0.5, 0.6) is 5.75 Å². The lowest BCUT2D eigenvalue weighted by molar-refractivity contribution is 0.113. The van der Waals surface area contributed by atoms with Crippen molar-refractivity contribution in [2.24, 2.45) is 0 Å². The molecule has 2 aromatic rings. The lowest BCUT2D eigenvalue weighted by Gasteiger charge is -2.26. The largest absolute Gasteiger partial charge is 0.497 e. The van der Waals surface area contributed by atoms with Crippen LogP contribution < -0.4 is 10.1 Å². The summed E-state index contributed by atoms with van der Waals surface area (Å²) in [7, 11) is -2.21. The van der Waals surface area contributed by atoms with Gasteiger partial charge in [-0.2, -0.15) is 0 Å². The van der Waals surface area contributed by atoms with Gasteiger partial charge in [-0.05, 0) is 38.1 Å². The zero-order valence-electron chi connectivity index (χ0n) is 15.6. The fourth-order valence-corrected chi connectivity index (χ4v) is 4.21. The van der Waals surface area contributed by atoms with E-state index >= 15 is 0 Å². The summed E-state index contributed by atoms with van der Waals surface area (Å²) in [5.41, 5.74) is 1.03. The Morgan fingerprint density at radius 2 is 1.59 bits per heavy atom.